The van der Waals surface area contributed by atoms with Gasteiger partial charge in [0.05, 0.1) is 6.04 Å². The normalized spacial score (nSPS) is 12.4. The van der Waals surface area contributed by atoms with Gasteiger partial charge < -0.3 is 5.32 Å². The number of rotatable bonds is 5. The summed E-state index contributed by atoms with van der Waals surface area (Å²) in [6.45, 7) is 7.13. The zero-order valence-electron chi connectivity index (χ0n) is 12.7. The highest BCUT2D eigenvalue weighted by atomic mass is 79.9. The molecule has 0 heterocycles. The predicted octanol–water partition coefficient (Wildman–Crippen LogP) is 5.29. The average Bonchev–Trinajstić information content (AvgIpc) is 2.46. The molecule has 1 unspecified atom stereocenters. The lowest BCUT2D eigenvalue weighted by molar-refractivity contribution is 0.582. The molecule has 0 aliphatic rings. The lowest BCUT2D eigenvalue weighted by atomic mass is 9.94. The average molecular weight is 350 g/mol. The summed E-state index contributed by atoms with van der Waals surface area (Å²) in [5, 5.41) is 3.53. The second-order valence-electron chi connectivity index (χ2n) is 5.40. The molecule has 2 rings (SSSR count). The smallest absolute Gasteiger partial charge is 0.123 e. The number of nitrogens with one attached hydrogen (secondary N) is 1. The molecule has 112 valence electrons. The molecular formula is C18H21BrFN. The van der Waals surface area contributed by atoms with Crippen molar-refractivity contribution in [2.45, 2.75) is 33.2 Å². The van der Waals surface area contributed by atoms with Crippen LogP contribution < -0.4 is 5.32 Å². The van der Waals surface area contributed by atoms with Crippen molar-refractivity contribution in [2.75, 3.05) is 6.54 Å². The molecule has 0 aromatic heterocycles. The Balaban J connectivity index is 2.46. The van der Waals surface area contributed by atoms with Crippen molar-refractivity contribution in [3.05, 3.63) is 68.9 Å². The topological polar surface area (TPSA) is 12.0 Å². The molecule has 3 heteroatoms. The van der Waals surface area contributed by atoms with E-state index >= 15 is 0 Å². The van der Waals surface area contributed by atoms with Crippen molar-refractivity contribution in [2.24, 2.45) is 0 Å². The molecule has 0 radical (unpaired) electrons. The van der Waals surface area contributed by atoms with Gasteiger partial charge in [0.2, 0.25) is 0 Å². The molecule has 0 spiro atoms. The maximum absolute atomic E-state index is 13.7. The molecule has 0 aliphatic carbocycles. The molecule has 0 saturated heterocycles. The van der Waals surface area contributed by atoms with Crippen LogP contribution in [0, 0.1) is 19.7 Å². The van der Waals surface area contributed by atoms with Gasteiger partial charge in [0, 0.05) is 4.47 Å². The predicted molar refractivity (Wildman–Crippen MR) is 90.2 cm³/mol. The summed E-state index contributed by atoms with van der Waals surface area (Å²) in [7, 11) is 0. The van der Waals surface area contributed by atoms with Crippen LogP contribution in [0.25, 0.3) is 0 Å². The second kappa shape index (κ2) is 7.19. The van der Waals surface area contributed by atoms with E-state index in [2.05, 4.69) is 53.3 Å². The number of hydrogen-bond acceptors (Lipinski definition) is 1. The van der Waals surface area contributed by atoms with Crippen LogP contribution in [0.15, 0.2) is 40.9 Å². The first-order valence-corrected chi connectivity index (χ1v) is 8.07. The fourth-order valence-corrected chi connectivity index (χ4v) is 2.71. The van der Waals surface area contributed by atoms with E-state index in [9.17, 15) is 4.39 Å². The van der Waals surface area contributed by atoms with Gasteiger partial charge in [-0.15, -0.1) is 0 Å². The van der Waals surface area contributed by atoms with E-state index in [-0.39, 0.29) is 11.9 Å². The third-order valence-corrected chi connectivity index (χ3v) is 4.56. The minimum atomic E-state index is -0.187. The van der Waals surface area contributed by atoms with E-state index in [4.69, 9.17) is 0 Å². The minimum absolute atomic E-state index is 0.0208. The minimum Gasteiger partial charge on any atom is -0.306 e. The monoisotopic (exact) mass is 349 g/mol. The first-order valence-electron chi connectivity index (χ1n) is 7.28. The molecule has 1 atom stereocenters. The summed E-state index contributed by atoms with van der Waals surface area (Å²) in [6, 6.07) is 11.3. The van der Waals surface area contributed by atoms with Crippen molar-refractivity contribution in [1.82, 2.24) is 5.32 Å². The molecule has 0 aliphatic heterocycles. The summed E-state index contributed by atoms with van der Waals surface area (Å²) >= 11 is 3.53. The molecule has 2 aromatic rings. The van der Waals surface area contributed by atoms with Gasteiger partial charge in [0.25, 0.3) is 0 Å². The Hall–Kier alpha value is -1.19. The fraction of sp³-hybridized carbons (Fsp3) is 0.333. The van der Waals surface area contributed by atoms with Gasteiger partial charge in [-0.25, -0.2) is 4.39 Å². The van der Waals surface area contributed by atoms with Crippen LogP contribution in [0.4, 0.5) is 4.39 Å². The van der Waals surface area contributed by atoms with Crippen LogP contribution in [0.5, 0.6) is 0 Å². The van der Waals surface area contributed by atoms with Crippen LogP contribution >= 0.6 is 15.9 Å². The van der Waals surface area contributed by atoms with Crippen molar-refractivity contribution < 1.29 is 4.39 Å². The van der Waals surface area contributed by atoms with E-state index in [0.717, 1.165) is 34.1 Å². The quantitative estimate of drug-likeness (QED) is 0.772. The highest BCUT2D eigenvalue weighted by molar-refractivity contribution is 9.10. The number of hydrogen-bond donors (Lipinski definition) is 1. The van der Waals surface area contributed by atoms with Crippen molar-refractivity contribution in [3.8, 4) is 0 Å². The second-order valence-corrected chi connectivity index (χ2v) is 6.25. The molecule has 0 saturated carbocycles. The highest BCUT2D eigenvalue weighted by Crippen LogP contribution is 2.28. The van der Waals surface area contributed by atoms with Gasteiger partial charge in [-0.2, -0.15) is 0 Å². The van der Waals surface area contributed by atoms with Gasteiger partial charge in [-0.05, 0) is 67.3 Å². The number of benzene rings is 2. The van der Waals surface area contributed by atoms with Gasteiger partial charge in [-0.1, -0.05) is 41.1 Å². The van der Waals surface area contributed by atoms with E-state index < -0.39 is 0 Å². The van der Waals surface area contributed by atoms with Crippen LogP contribution in [0.3, 0.4) is 0 Å². The first kappa shape index (κ1) is 16.2. The van der Waals surface area contributed by atoms with Gasteiger partial charge >= 0.3 is 0 Å². The lowest BCUT2D eigenvalue weighted by Gasteiger charge is -2.22. The third-order valence-electron chi connectivity index (χ3n) is 3.67. The molecule has 1 nitrogen and oxygen atoms in total. The SMILES string of the molecule is CCCNC(c1ccc(Br)c(C)c1)c1cc(F)ccc1C. The highest BCUT2D eigenvalue weighted by Gasteiger charge is 2.17. The zero-order chi connectivity index (χ0) is 15.4. The first-order chi connectivity index (χ1) is 10.0. The Morgan fingerprint density at radius 3 is 2.52 bits per heavy atom. The van der Waals surface area contributed by atoms with Crippen LogP contribution in [-0.2, 0) is 0 Å². The Morgan fingerprint density at radius 2 is 1.86 bits per heavy atom. The van der Waals surface area contributed by atoms with Crippen LogP contribution in [0.1, 0.15) is 41.6 Å². The summed E-state index contributed by atoms with van der Waals surface area (Å²) < 4.78 is 14.7. The molecule has 0 fully saturated rings. The summed E-state index contributed by atoms with van der Waals surface area (Å²) in [5.74, 6) is -0.187. The molecule has 21 heavy (non-hydrogen) atoms. The largest absolute Gasteiger partial charge is 0.306 e. The van der Waals surface area contributed by atoms with Gasteiger partial charge in [0.15, 0.2) is 0 Å². The molecular weight excluding hydrogens is 329 g/mol. The van der Waals surface area contributed by atoms with E-state index in [1.54, 1.807) is 6.07 Å². The third kappa shape index (κ3) is 3.92. The Morgan fingerprint density at radius 1 is 1.10 bits per heavy atom. The van der Waals surface area contributed by atoms with Crippen molar-refractivity contribution >= 4 is 15.9 Å². The maximum atomic E-state index is 13.7. The van der Waals surface area contributed by atoms with Gasteiger partial charge in [0.1, 0.15) is 5.82 Å². The lowest BCUT2D eigenvalue weighted by Crippen LogP contribution is -2.24. The number of aryl methyl sites for hydroxylation is 2. The standard InChI is InChI=1S/C18H21BrFN/c1-4-9-21-18(14-6-8-17(19)13(3)10-14)16-11-15(20)7-5-12(16)2/h5-8,10-11,18,21H,4,9H2,1-3H3. The van der Waals surface area contributed by atoms with E-state index in [0.29, 0.717) is 0 Å². The van der Waals surface area contributed by atoms with Crippen molar-refractivity contribution in [1.29, 1.82) is 0 Å². The molecule has 1 N–H and O–H groups in total. The molecule has 2 aromatic carbocycles. The fourth-order valence-electron chi connectivity index (χ4n) is 2.47. The Labute approximate surface area is 134 Å². The van der Waals surface area contributed by atoms with E-state index in [1.165, 1.54) is 11.6 Å². The molecule has 0 bridgehead atoms. The van der Waals surface area contributed by atoms with Crippen LogP contribution in [0.2, 0.25) is 0 Å². The van der Waals surface area contributed by atoms with Crippen LogP contribution in [-0.4, -0.2) is 6.54 Å². The van der Waals surface area contributed by atoms with Crippen molar-refractivity contribution in [3.63, 3.8) is 0 Å². The molecule has 0 amide bonds. The maximum Gasteiger partial charge on any atom is 0.123 e. The summed E-state index contributed by atoms with van der Waals surface area (Å²) in [5.41, 5.74) is 4.46. The zero-order valence-corrected chi connectivity index (χ0v) is 14.3. The summed E-state index contributed by atoms with van der Waals surface area (Å²) in [6.07, 6.45) is 1.04. The Bertz CT molecular complexity index is 625. The van der Waals surface area contributed by atoms with Gasteiger partial charge in [-0.3, -0.25) is 0 Å². The summed E-state index contributed by atoms with van der Waals surface area (Å²) in [4.78, 5) is 0. The Kier molecular flexibility index (Phi) is 5.54. The number of halogens is 2. The van der Waals surface area contributed by atoms with E-state index in [1.807, 2.05) is 13.0 Å².